The lowest BCUT2D eigenvalue weighted by molar-refractivity contribution is 0.0907. The number of rotatable bonds is 4. The zero-order chi connectivity index (χ0) is 21.3. The Morgan fingerprint density at radius 3 is 2.62 bits per heavy atom. The van der Waals surface area contributed by atoms with E-state index >= 15 is 0 Å². The monoisotopic (exact) mass is 425 g/mol. The molecular formula is C18H11F4N3O3S. The third kappa shape index (κ3) is 3.58. The van der Waals surface area contributed by atoms with Gasteiger partial charge in [-0.2, -0.15) is 19.3 Å². The topological polar surface area (TPSA) is 106 Å². The Hall–Kier alpha value is -3.28. The molecule has 0 aromatic heterocycles. The van der Waals surface area contributed by atoms with Gasteiger partial charge in [0.1, 0.15) is 29.6 Å². The maximum absolute atomic E-state index is 14.2. The molecule has 3 atom stereocenters. The Bertz CT molecular complexity index is 1190. The molecule has 0 saturated carbocycles. The minimum atomic E-state index is -4.54. The minimum absolute atomic E-state index is 0.0491. The van der Waals surface area contributed by atoms with Crippen molar-refractivity contribution in [3.63, 3.8) is 0 Å². The number of hydrogen-bond donors (Lipinski definition) is 2. The van der Waals surface area contributed by atoms with Gasteiger partial charge in [0, 0.05) is 23.6 Å². The van der Waals surface area contributed by atoms with Crippen molar-refractivity contribution in [1.82, 2.24) is 4.72 Å². The molecule has 0 aliphatic heterocycles. The van der Waals surface area contributed by atoms with Crippen molar-refractivity contribution < 1.29 is 31.6 Å². The van der Waals surface area contributed by atoms with Gasteiger partial charge in [0.25, 0.3) is 0 Å². The molecule has 2 aromatic rings. The van der Waals surface area contributed by atoms with Gasteiger partial charge in [-0.15, -0.1) is 0 Å². The van der Waals surface area contributed by atoms with Gasteiger partial charge in [-0.1, -0.05) is 0 Å². The van der Waals surface area contributed by atoms with Crippen LogP contribution in [-0.2, 0) is 16.1 Å². The number of aliphatic hydroxyl groups is 1. The lowest BCUT2D eigenvalue weighted by Gasteiger charge is -2.17. The third-order valence-corrected chi connectivity index (χ3v) is 6.04. The summed E-state index contributed by atoms with van der Waals surface area (Å²) in [6.07, 6.45) is -3.06. The molecule has 0 fully saturated rings. The molecule has 3 unspecified atom stereocenters. The van der Waals surface area contributed by atoms with Crippen molar-refractivity contribution >= 4 is 15.1 Å². The number of aliphatic hydroxyl groups excluding tert-OH is 1. The molecule has 11 heteroatoms. The number of nitrogens with one attached hydrogen (secondary N) is 1. The fourth-order valence-corrected chi connectivity index (χ4v) is 4.34. The Balaban J connectivity index is 2.19. The highest BCUT2D eigenvalue weighted by Gasteiger charge is 2.39. The molecule has 1 aliphatic carbocycles. The van der Waals surface area contributed by atoms with Crippen LogP contribution in [0.3, 0.4) is 0 Å². The van der Waals surface area contributed by atoms with Crippen molar-refractivity contribution in [1.29, 1.82) is 10.5 Å². The van der Waals surface area contributed by atoms with Crippen LogP contribution in [0.5, 0.6) is 11.5 Å². The van der Waals surface area contributed by atoms with E-state index in [2.05, 4.69) is 0 Å². The van der Waals surface area contributed by atoms with Crippen molar-refractivity contribution in [3.05, 3.63) is 52.8 Å². The van der Waals surface area contributed by atoms with E-state index in [9.17, 15) is 26.9 Å². The lowest BCUT2D eigenvalue weighted by atomic mass is 10.1. The van der Waals surface area contributed by atoms with Crippen molar-refractivity contribution in [2.45, 2.75) is 23.6 Å². The average molecular weight is 425 g/mol. The van der Waals surface area contributed by atoms with Crippen LogP contribution in [0.25, 0.3) is 0 Å². The van der Waals surface area contributed by atoms with Gasteiger partial charge < -0.3 is 9.84 Å². The number of alkyl halides is 1. The predicted molar refractivity (Wildman–Crippen MR) is 93.6 cm³/mol. The van der Waals surface area contributed by atoms with E-state index in [-0.39, 0.29) is 22.6 Å². The minimum Gasteiger partial charge on any atom is -0.457 e. The SMILES string of the molecule is N#CNS(=O)(=C(F)F)c1ccc(Oc2cc(F)cc(C#N)c2)c2c1C(O)C(F)C2. The second-order valence-electron chi connectivity index (χ2n) is 6.00. The van der Waals surface area contributed by atoms with Crippen LogP contribution in [0.4, 0.5) is 17.6 Å². The highest BCUT2D eigenvalue weighted by molar-refractivity contribution is 8.00. The number of hydrogen-bond acceptors (Lipinski definition) is 5. The summed E-state index contributed by atoms with van der Waals surface area (Å²) in [5.74, 6) is -0.992. The second-order valence-corrected chi connectivity index (χ2v) is 8.07. The molecule has 29 heavy (non-hydrogen) atoms. The first-order valence-electron chi connectivity index (χ1n) is 7.95. The van der Waals surface area contributed by atoms with Gasteiger partial charge in [-0.05, 0) is 24.3 Å². The molecule has 0 amide bonds. The highest BCUT2D eigenvalue weighted by atomic mass is 32.2. The van der Waals surface area contributed by atoms with E-state index in [0.29, 0.717) is 0 Å². The van der Waals surface area contributed by atoms with Crippen LogP contribution in [0.1, 0.15) is 22.8 Å². The summed E-state index contributed by atoms with van der Waals surface area (Å²) in [7, 11) is -4.54. The molecule has 2 aromatic carbocycles. The summed E-state index contributed by atoms with van der Waals surface area (Å²) in [6, 6.07) is 6.86. The highest BCUT2D eigenvalue weighted by Crippen LogP contribution is 2.44. The Kier molecular flexibility index (Phi) is 5.38. The second kappa shape index (κ2) is 7.62. The van der Waals surface area contributed by atoms with Crippen LogP contribution in [0.15, 0.2) is 35.2 Å². The Labute approximate surface area is 162 Å². The van der Waals surface area contributed by atoms with Gasteiger partial charge in [-0.3, -0.25) is 0 Å². The number of benzene rings is 2. The molecular weight excluding hydrogens is 414 g/mol. The van der Waals surface area contributed by atoms with E-state index in [1.807, 2.05) is 0 Å². The van der Waals surface area contributed by atoms with Gasteiger partial charge in [0.15, 0.2) is 15.9 Å². The third-order valence-electron chi connectivity index (χ3n) is 4.26. The number of fused-ring (bicyclic) bond motifs is 1. The van der Waals surface area contributed by atoms with Crippen LogP contribution in [0.2, 0.25) is 0 Å². The smallest absolute Gasteiger partial charge is 0.345 e. The van der Waals surface area contributed by atoms with E-state index in [0.717, 1.165) is 24.3 Å². The van der Waals surface area contributed by atoms with E-state index in [1.54, 1.807) is 6.07 Å². The molecule has 0 radical (unpaired) electrons. The van der Waals surface area contributed by atoms with Gasteiger partial charge >= 0.3 is 5.37 Å². The van der Waals surface area contributed by atoms with Crippen LogP contribution in [-0.4, -0.2) is 20.9 Å². The summed E-state index contributed by atoms with van der Waals surface area (Å²) < 4.78 is 74.2. The lowest BCUT2D eigenvalue weighted by Crippen LogP contribution is -2.25. The van der Waals surface area contributed by atoms with Crippen LogP contribution < -0.4 is 9.46 Å². The molecule has 0 saturated heterocycles. The zero-order valence-electron chi connectivity index (χ0n) is 14.3. The zero-order valence-corrected chi connectivity index (χ0v) is 15.1. The van der Waals surface area contributed by atoms with Crippen LogP contribution in [0, 0.1) is 28.6 Å². The molecule has 150 valence electrons. The largest absolute Gasteiger partial charge is 0.457 e. The maximum Gasteiger partial charge on any atom is 0.345 e. The van der Waals surface area contributed by atoms with E-state index in [4.69, 9.17) is 15.3 Å². The normalized spacial score (nSPS) is 19.4. The summed E-state index contributed by atoms with van der Waals surface area (Å²) in [4.78, 5) is -0.647. The summed E-state index contributed by atoms with van der Waals surface area (Å²) in [5.41, 5.74) is -0.501. The first kappa shape index (κ1) is 20.5. The predicted octanol–water partition coefficient (Wildman–Crippen LogP) is 3.07. The first-order chi connectivity index (χ1) is 13.7. The average Bonchev–Trinajstić information content (AvgIpc) is 2.97. The fourth-order valence-electron chi connectivity index (χ4n) is 3.05. The number of halogens is 4. The maximum atomic E-state index is 14.2. The molecule has 0 spiro atoms. The first-order valence-corrected chi connectivity index (χ1v) is 9.51. The van der Waals surface area contributed by atoms with E-state index < -0.39 is 50.1 Å². The van der Waals surface area contributed by atoms with Gasteiger partial charge in [-0.25, -0.2) is 17.7 Å². The summed E-state index contributed by atoms with van der Waals surface area (Å²) in [5, 5.41) is 25.1. The Morgan fingerprint density at radius 2 is 2.00 bits per heavy atom. The quantitative estimate of drug-likeness (QED) is 0.258. The number of nitriles is 2. The van der Waals surface area contributed by atoms with Gasteiger partial charge in [0.05, 0.1) is 16.5 Å². The number of ether oxygens (including phenoxy) is 1. The summed E-state index contributed by atoms with van der Waals surface area (Å²) in [6.45, 7) is 0. The molecule has 2 N–H and O–H groups in total. The molecule has 3 rings (SSSR count). The molecule has 0 bridgehead atoms. The number of nitrogens with zero attached hydrogens (tertiary/aromatic N) is 2. The Morgan fingerprint density at radius 1 is 1.28 bits per heavy atom. The van der Waals surface area contributed by atoms with Crippen molar-refractivity contribution in [2.75, 3.05) is 0 Å². The summed E-state index contributed by atoms with van der Waals surface area (Å²) >= 11 is 0. The molecule has 0 heterocycles. The molecule has 6 nitrogen and oxygen atoms in total. The van der Waals surface area contributed by atoms with Crippen molar-refractivity contribution in [3.8, 4) is 23.8 Å². The van der Waals surface area contributed by atoms with Gasteiger partial charge in [0.2, 0.25) is 0 Å². The van der Waals surface area contributed by atoms with Crippen molar-refractivity contribution in [2.24, 2.45) is 0 Å². The van der Waals surface area contributed by atoms with Crippen LogP contribution >= 0.6 is 0 Å². The standard InChI is InChI=1S/C18H11F4N3O3S/c19-10-3-9(7-23)4-11(5-10)28-14-1-2-15(29(27,18(21)22)25-8-24)16-12(14)6-13(20)17(16)26/h1-5,13,17,26H,6H2,(H,25,27). The fraction of sp³-hybridized carbons (Fsp3) is 0.167. The van der Waals surface area contributed by atoms with E-state index in [1.165, 1.54) is 17.0 Å². The molecule has 1 aliphatic rings.